The first-order valence-corrected chi connectivity index (χ1v) is 6.30. The molecule has 0 saturated heterocycles. The largest absolute Gasteiger partial charge is 0.465 e. The number of hydrogen-bond acceptors (Lipinski definition) is 3. The summed E-state index contributed by atoms with van der Waals surface area (Å²) in [5, 5.41) is 0. The maximum absolute atomic E-state index is 11.7. The van der Waals surface area contributed by atoms with E-state index in [-0.39, 0.29) is 5.97 Å². The molecule has 0 aliphatic carbocycles. The lowest BCUT2D eigenvalue weighted by Crippen LogP contribution is -2.08. The molecule has 0 spiro atoms. The lowest BCUT2D eigenvalue weighted by molar-refractivity contribution is 0.0600. The fourth-order valence-corrected chi connectivity index (χ4v) is 2.66. The van der Waals surface area contributed by atoms with E-state index in [1.165, 1.54) is 7.11 Å². The van der Waals surface area contributed by atoms with E-state index in [2.05, 4.69) is 36.8 Å². The van der Waals surface area contributed by atoms with Gasteiger partial charge in [0.25, 0.3) is 0 Å². The number of ether oxygens (including phenoxy) is 1. The zero-order valence-corrected chi connectivity index (χ0v) is 12.0. The lowest BCUT2D eigenvalue weighted by atomic mass is 10.2. The van der Waals surface area contributed by atoms with E-state index < -0.39 is 0 Å². The van der Waals surface area contributed by atoms with E-state index in [1.807, 2.05) is 12.1 Å². The molecule has 0 atom stereocenters. The van der Waals surface area contributed by atoms with Crippen LogP contribution in [0, 0.1) is 0 Å². The van der Waals surface area contributed by atoms with Crippen molar-refractivity contribution < 1.29 is 9.53 Å². The predicted molar refractivity (Wildman–Crippen MR) is 70.3 cm³/mol. The number of hydrogen-bond donors (Lipinski definition) is 0. The summed E-state index contributed by atoms with van der Waals surface area (Å²) in [6.07, 6.45) is 1.65. The third-order valence-corrected chi connectivity index (χ3v) is 3.34. The van der Waals surface area contributed by atoms with Gasteiger partial charge in [0.1, 0.15) is 4.60 Å². The number of halogens is 2. The average molecular weight is 360 g/mol. The van der Waals surface area contributed by atoms with Gasteiger partial charge in [-0.1, -0.05) is 12.1 Å². The van der Waals surface area contributed by atoms with Gasteiger partial charge in [0.05, 0.1) is 24.6 Å². The topological polar surface area (TPSA) is 44.1 Å². The maximum atomic E-state index is 11.7. The molecular formula is C11H8Br2N2O2. The van der Waals surface area contributed by atoms with Crippen LogP contribution >= 0.6 is 31.9 Å². The minimum atomic E-state index is -0.381. The summed E-state index contributed by atoms with van der Waals surface area (Å²) in [5.41, 5.74) is 1.19. The molecule has 2 rings (SSSR count). The minimum absolute atomic E-state index is 0.381. The molecule has 1 heterocycles. The van der Waals surface area contributed by atoms with Gasteiger partial charge >= 0.3 is 5.97 Å². The van der Waals surface area contributed by atoms with Crippen molar-refractivity contribution in [2.75, 3.05) is 7.11 Å². The van der Waals surface area contributed by atoms with Crippen LogP contribution in [0.1, 0.15) is 10.4 Å². The van der Waals surface area contributed by atoms with Crippen LogP contribution in [0.2, 0.25) is 0 Å². The van der Waals surface area contributed by atoms with Gasteiger partial charge in [-0.3, -0.25) is 4.57 Å². The van der Waals surface area contributed by atoms with Crippen LogP contribution in [0.5, 0.6) is 0 Å². The monoisotopic (exact) mass is 358 g/mol. The summed E-state index contributed by atoms with van der Waals surface area (Å²) in [4.78, 5) is 15.8. The Labute approximate surface area is 115 Å². The Morgan fingerprint density at radius 2 is 2.06 bits per heavy atom. The molecule has 1 aromatic heterocycles. The van der Waals surface area contributed by atoms with Gasteiger partial charge in [0.15, 0.2) is 4.73 Å². The Balaban J connectivity index is 2.64. The molecule has 2 aromatic rings. The van der Waals surface area contributed by atoms with Gasteiger partial charge in [0.2, 0.25) is 0 Å². The van der Waals surface area contributed by atoms with Gasteiger partial charge in [-0.05, 0) is 44.0 Å². The summed E-state index contributed by atoms with van der Waals surface area (Å²) in [7, 11) is 1.36. The third kappa shape index (κ3) is 2.28. The fourth-order valence-electron chi connectivity index (χ4n) is 1.48. The second-order valence-corrected chi connectivity index (χ2v) is 4.72. The molecule has 0 unspecified atom stereocenters. The summed E-state index contributed by atoms with van der Waals surface area (Å²) in [6, 6.07) is 7.17. The van der Waals surface area contributed by atoms with Gasteiger partial charge in [-0.25, -0.2) is 9.78 Å². The van der Waals surface area contributed by atoms with Crippen molar-refractivity contribution in [1.82, 2.24) is 9.55 Å². The van der Waals surface area contributed by atoms with Crippen LogP contribution in [0.15, 0.2) is 39.8 Å². The second kappa shape index (κ2) is 5.01. The van der Waals surface area contributed by atoms with Crippen LogP contribution < -0.4 is 0 Å². The first kappa shape index (κ1) is 12.3. The van der Waals surface area contributed by atoms with Crippen LogP contribution in [0.4, 0.5) is 0 Å². The molecule has 0 aliphatic rings. The average Bonchev–Trinajstić information content (AvgIpc) is 2.68. The summed E-state index contributed by atoms with van der Waals surface area (Å²) in [6.45, 7) is 0. The van der Waals surface area contributed by atoms with Crippen LogP contribution in [0.25, 0.3) is 5.69 Å². The Morgan fingerprint density at radius 3 is 2.65 bits per heavy atom. The predicted octanol–water partition coefficient (Wildman–Crippen LogP) is 3.18. The van der Waals surface area contributed by atoms with Gasteiger partial charge in [-0.2, -0.15) is 0 Å². The van der Waals surface area contributed by atoms with E-state index in [4.69, 9.17) is 4.74 Å². The Kier molecular flexibility index (Phi) is 3.63. The molecule has 0 radical (unpaired) electrons. The number of nitrogens with zero attached hydrogens (tertiary/aromatic N) is 2. The number of para-hydroxylation sites is 1. The number of rotatable bonds is 2. The van der Waals surface area contributed by atoms with E-state index in [0.717, 1.165) is 4.60 Å². The Hall–Kier alpha value is -1.14. The van der Waals surface area contributed by atoms with E-state index in [1.54, 1.807) is 22.9 Å². The highest BCUT2D eigenvalue weighted by molar-refractivity contribution is 9.11. The van der Waals surface area contributed by atoms with Crippen molar-refractivity contribution in [1.29, 1.82) is 0 Å². The normalized spacial score (nSPS) is 10.3. The number of imidazole rings is 1. The Bertz CT molecular complexity index is 547. The quantitative estimate of drug-likeness (QED) is 0.773. The minimum Gasteiger partial charge on any atom is -0.465 e. The molecule has 0 saturated carbocycles. The number of carbonyl (C=O) groups excluding carboxylic acids is 1. The number of aromatic nitrogens is 2. The van der Waals surface area contributed by atoms with Crippen molar-refractivity contribution in [2.24, 2.45) is 0 Å². The van der Waals surface area contributed by atoms with E-state index >= 15 is 0 Å². The molecule has 0 amide bonds. The molecule has 88 valence electrons. The van der Waals surface area contributed by atoms with E-state index in [0.29, 0.717) is 16.0 Å². The summed E-state index contributed by atoms with van der Waals surface area (Å²) < 4.78 is 7.88. The SMILES string of the molecule is COC(=O)c1ccccc1-n1c(Br)cnc1Br. The summed E-state index contributed by atoms with van der Waals surface area (Å²) in [5.74, 6) is -0.381. The molecule has 4 nitrogen and oxygen atoms in total. The zero-order valence-electron chi connectivity index (χ0n) is 8.85. The molecule has 1 aromatic carbocycles. The van der Waals surface area contributed by atoms with Crippen molar-refractivity contribution in [2.45, 2.75) is 0 Å². The molecule has 0 bridgehead atoms. The van der Waals surface area contributed by atoms with Crippen LogP contribution in [-0.4, -0.2) is 22.6 Å². The van der Waals surface area contributed by atoms with Crippen molar-refractivity contribution in [3.05, 3.63) is 45.4 Å². The number of methoxy groups -OCH3 is 1. The zero-order chi connectivity index (χ0) is 12.4. The lowest BCUT2D eigenvalue weighted by Gasteiger charge is -2.10. The van der Waals surface area contributed by atoms with Crippen molar-refractivity contribution >= 4 is 37.8 Å². The highest BCUT2D eigenvalue weighted by Gasteiger charge is 2.16. The molecular weight excluding hydrogens is 352 g/mol. The highest BCUT2D eigenvalue weighted by atomic mass is 79.9. The van der Waals surface area contributed by atoms with Gasteiger partial charge in [-0.15, -0.1) is 0 Å². The molecule has 17 heavy (non-hydrogen) atoms. The van der Waals surface area contributed by atoms with Gasteiger partial charge < -0.3 is 4.74 Å². The maximum Gasteiger partial charge on any atom is 0.339 e. The second-order valence-electron chi connectivity index (χ2n) is 3.19. The van der Waals surface area contributed by atoms with Crippen LogP contribution in [0.3, 0.4) is 0 Å². The molecule has 0 aliphatic heterocycles. The first-order chi connectivity index (χ1) is 8.15. The molecule has 0 N–H and O–H groups in total. The van der Waals surface area contributed by atoms with E-state index in [9.17, 15) is 4.79 Å². The highest BCUT2D eigenvalue weighted by Crippen LogP contribution is 2.25. The van der Waals surface area contributed by atoms with Gasteiger partial charge in [0, 0.05) is 0 Å². The number of esters is 1. The smallest absolute Gasteiger partial charge is 0.339 e. The molecule has 6 heteroatoms. The van der Waals surface area contributed by atoms with Crippen LogP contribution in [-0.2, 0) is 4.74 Å². The third-order valence-electron chi connectivity index (χ3n) is 2.23. The Morgan fingerprint density at radius 1 is 1.35 bits per heavy atom. The first-order valence-electron chi connectivity index (χ1n) is 4.71. The summed E-state index contributed by atoms with van der Waals surface area (Å²) >= 11 is 6.71. The standard InChI is InChI=1S/C11H8Br2N2O2/c1-17-10(16)7-4-2-3-5-8(7)15-9(12)6-14-11(15)13/h2-6H,1H3. The number of benzene rings is 1. The molecule has 0 fully saturated rings. The fraction of sp³-hybridized carbons (Fsp3) is 0.0909. The number of carbonyl (C=O) groups is 1. The van der Waals surface area contributed by atoms with Crippen molar-refractivity contribution in [3.8, 4) is 5.69 Å². The van der Waals surface area contributed by atoms with Crippen molar-refractivity contribution in [3.63, 3.8) is 0 Å².